The van der Waals surface area contributed by atoms with Crippen molar-refractivity contribution in [3.05, 3.63) is 70.8 Å². The summed E-state index contributed by atoms with van der Waals surface area (Å²) in [6.07, 6.45) is 3.06. The lowest BCUT2D eigenvalue weighted by atomic mass is 10.2. The molecule has 1 N–H and O–H groups in total. The number of amides is 1. The van der Waals surface area contributed by atoms with Crippen molar-refractivity contribution < 1.29 is 13.2 Å². The van der Waals surface area contributed by atoms with Crippen molar-refractivity contribution in [1.29, 1.82) is 0 Å². The molecule has 0 heterocycles. The van der Waals surface area contributed by atoms with Crippen molar-refractivity contribution in [3.8, 4) is 0 Å². The second-order valence-electron chi connectivity index (χ2n) is 5.84. The average molecular weight is 407 g/mol. The largest absolute Gasteiger partial charge is 0.348 e. The van der Waals surface area contributed by atoms with Gasteiger partial charge in [0.15, 0.2) is 0 Å². The van der Waals surface area contributed by atoms with Crippen LogP contribution in [-0.4, -0.2) is 31.7 Å². The Bertz CT molecular complexity index is 888. The molecule has 0 aromatic heterocycles. The number of hydrogen-bond donors (Lipinski definition) is 1. The fraction of sp³-hybridized carbons (Fsp3) is 0.250. The van der Waals surface area contributed by atoms with E-state index in [4.69, 9.17) is 11.6 Å². The van der Waals surface area contributed by atoms with Crippen molar-refractivity contribution in [2.75, 3.05) is 13.1 Å². The number of hydrogen-bond acceptors (Lipinski definition) is 3. The number of carbonyl (C=O) groups is 1. The molecule has 0 aliphatic heterocycles. The molecule has 0 aliphatic carbocycles. The molecule has 1 amide bonds. The van der Waals surface area contributed by atoms with Crippen LogP contribution in [0.4, 0.5) is 0 Å². The Labute approximate surface area is 165 Å². The Morgan fingerprint density at radius 1 is 1.04 bits per heavy atom. The van der Waals surface area contributed by atoms with Gasteiger partial charge in [-0.3, -0.25) is 4.79 Å². The minimum atomic E-state index is -3.47. The summed E-state index contributed by atoms with van der Waals surface area (Å²) in [5, 5.41) is 3.43. The van der Waals surface area contributed by atoms with Crippen LogP contribution in [0.3, 0.4) is 0 Å². The monoisotopic (exact) mass is 406 g/mol. The maximum absolute atomic E-state index is 12.4. The average Bonchev–Trinajstić information content (AvgIpc) is 2.67. The maximum Gasteiger partial charge on any atom is 0.244 e. The topological polar surface area (TPSA) is 66.5 Å². The first kappa shape index (κ1) is 21.2. The minimum Gasteiger partial charge on any atom is -0.348 e. The molecule has 0 radical (unpaired) electrons. The van der Waals surface area contributed by atoms with Gasteiger partial charge >= 0.3 is 0 Å². The van der Waals surface area contributed by atoms with E-state index in [9.17, 15) is 13.2 Å². The second-order valence-corrected chi connectivity index (χ2v) is 8.21. The molecule has 0 bridgehead atoms. The molecule has 5 nitrogen and oxygen atoms in total. The summed E-state index contributed by atoms with van der Waals surface area (Å²) in [6, 6.07) is 13.7. The van der Waals surface area contributed by atoms with Crippen molar-refractivity contribution >= 4 is 33.6 Å². The van der Waals surface area contributed by atoms with Crippen LogP contribution in [0.2, 0.25) is 5.02 Å². The lowest BCUT2D eigenvalue weighted by Gasteiger charge is -2.18. The van der Waals surface area contributed by atoms with E-state index in [1.54, 1.807) is 56.3 Å². The summed E-state index contributed by atoms with van der Waals surface area (Å²) < 4.78 is 26.3. The third-order valence-electron chi connectivity index (χ3n) is 4.03. The summed E-state index contributed by atoms with van der Waals surface area (Å²) in [5.74, 6) is -0.232. The van der Waals surface area contributed by atoms with Crippen LogP contribution in [0, 0.1) is 0 Å². The quantitative estimate of drug-likeness (QED) is 0.679. The van der Waals surface area contributed by atoms with Crippen LogP contribution in [0.5, 0.6) is 0 Å². The van der Waals surface area contributed by atoms with Gasteiger partial charge in [-0.25, -0.2) is 8.42 Å². The molecule has 2 rings (SSSR count). The van der Waals surface area contributed by atoms with E-state index in [1.807, 2.05) is 12.1 Å². The predicted molar refractivity (Wildman–Crippen MR) is 109 cm³/mol. The highest BCUT2D eigenvalue weighted by Crippen LogP contribution is 2.16. The first-order chi connectivity index (χ1) is 12.9. The van der Waals surface area contributed by atoms with Crippen molar-refractivity contribution in [2.24, 2.45) is 0 Å². The molecule has 0 unspecified atom stereocenters. The normalized spacial score (nSPS) is 11.9. The van der Waals surface area contributed by atoms with Gasteiger partial charge in [0.25, 0.3) is 0 Å². The van der Waals surface area contributed by atoms with Gasteiger partial charge in [0.1, 0.15) is 0 Å². The fourth-order valence-corrected chi connectivity index (χ4v) is 4.07. The van der Waals surface area contributed by atoms with E-state index in [-0.39, 0.29) is 10.8 Å². The molecule has 0 aliphatic rings. The molecule has 0 saturated carbocycles. The Kier molecular flexibility index (Phi) is 7.59. The number of nitrogens with one attached hydrogen (secondary N) is 1. The number of carbonyl (C=O) groups excluding carboxylic acids is 1. The number of sulfonamides is 1. The first-order valence-electron chi connectivity index (χ1n) is 8.67. The molecule has 2 aromatic rings. The zero-order chi connectivity index (χ0) is 19.9. The highest BCUT2D eigenvalue weighted by atomic mass is 35.5. The second kappa shape index (κ2) is 9.69. The predicted octanol–water partition coefficient (Wildman–Crippen LogP) is 3.70. The van der Waals surface area contributed by atoms with Crippen LogP contribution in [0.25, 0.3) is 6.08 Å². The van der Waals surface area contributed by atoms with Crippen LogP contribution in [-0.2, 0) is 21.4 Å². The first-order valence-corrected chi connectivity index (χ1v) is 10.5. The van der Waals surface area contributed by atoms with Crippen LogP contribution in [0.1, 0.15) is 25.0 Å². The van der Waals surface area contributed by atoms with E-state index in [2.05, 4.69) is 5.32 Å². The molecule has 2 aromatic carbocycles. The molecule has 27 heavy (non-hydrogen) atoms. The minimum absolute atomic E-state index is 0.232. The van der Waals surface area contributed by atoms with Gasteiger partial charge in [-0.05, 0) is 41.5 Å². The Morgan fingerprint density at radius 3 is 2.19 bits per heavy atom. The van der Waals surface area contributed by atoms with E-state index in [0.717, 1.165) is 11.1 Å². The summed E-state index contributed by atoms with van der Waals surface area (Å²) in [5.41, 5.74) is 1.70. The van der Waals surface area contributed by atoms with Gasteiger partial charge in [-0.15, -0.1) is 0 Å². The van der Waals surface area contributed by atoms with E-state index >= 15 is 0 Å². The summed E-state index contributed by atoms with van der Waals surface area (Å²) >= 11 is 5.83. The van der Waals surface area contributed by atoms with Gasteiger partial charge in [-0.1, -0.05) is 49.7 Å². The van der Waals surface area contributed by atoms with Crippen LogP contribution >= 0.6 is 11.6 Å². The van der Waals surface area contributed by atoms with Gasteiger partial charge in [0.2, 0.25) is 15.9 Å². The van der Waals surface area contributed by atoms with E-state index < -0.39 is 10.0 Å². The zero-order valence-electron chi connectivity index (χ0n) is 15.4. The van der Waals surface area contributed by atoms with Gasteiger partial charge in [-0.2, -0.15) is 4.31 Å². The van der Waals surface area contributed by atoms with Crippen LogP contribution < -0.4 is 5.32 Å². The molecule has 7 heteroatoms. The standard InChI is InChI=1S/C20H23ClN2O3S/c1-3-23(4-2)27(25,26)19-12-7-16(8-13-19)9-14-20(24)22-15-17-5-10-18(21)11-6-17/h5-14H,3-4,15H2,1-2H3,(H,22,24). The lowest BCUT2D eigenvalue weighted by Crippen LogP contribution is -2.30. The number of rotatable bonds is 8. The molecule has 0 atom stereocenters. The Balaban J connectivity index is 1.97. The summed E-state index contributed by atoms with van der Waals surface area (Å²) in [6.45, 7) is 4.87. The molecule has 144 valence electrons. The van der Waals surface area contributed by atoms with E-state index in [1.165, 1.54) is 10.4 Å². The third-order valence-corrected chi connectivity index (χ3v) is 6.35. The molecule has 0 fully saturated rings. The highest BCUT2D eigenvalue weighted by molar-refractivity contribution is 7.89. The number of halogens is 1. The Hall–Kier alpha value is -2.15. The molecule has 0 saturated heterocycles. The smallest absolute Gasteiger partial charge is 0.244 e. The van der Waals surface area contributed by atoms with Gasteiger partial charge < -0.3 is 5.32 Å². The molecular weight excluding hydrogens is 384 g/mol. The molecule has 0 spiro atoms. The zero-order valence-corrected chi connectivity index (χ0v) is 16.9. The Morgan fingerprint density at radius 2 is 1.63 bits per heavy atom. The highest BCUT2D eigenvalue weighted by Gasteiger charge is 2.20. The van der Waals surface area contributed by atoms with Crippen molar-refractivity contribution in [2.45, 2.75) is 25.3 Å². The molecular formula is C20H23ClN2O3S. The summed E-state index contributed by atoms with van der Waals surface area (Å²) in [4.78, 5) is 12.2. The van der Waals surface area contributed by atoms with E-state index in [0.29, 0.717) is 24.7 Å². The SMILES string of the molecule is CCN(CC)S(=O)(=O)c1ccc(C=CC(=O)NCc2ccc(Cl)cc2)cc1. The van der Waals surface area contributed by atoms with Crippen molar-refractivity contribution in [3.63, 3.8) is 0 Å². The van der Waals surface area contributed by atoms with Gasteiger partial charge in [0.05, 0.1) is 4.90 Å². The maximum atomic E-state index is 12.4. The number of nitrogens with zero attached hydrogens (tertiary/aromatic N) is 1. The third kappa shape index (κ3) is 5.92. The lowest BCUT2D eigenvalue weighted by molar-refractivity contribution is -0.116. The van der Waals surface area contributed by atoms with Gasteiger partial charge in [0, 0.05) is 30.7 Å². The number of benzene rings is 2. The summed E-state index contributed by atoms with van der Waals surface area (Å²) in [7, 11) is -3.47. The fourth-order valence-electron chi connectivity index (χ4n) is 2.49. The van der Waals surface area contributed by atoms with Crippen molar-refractivity contribution in [1.82, 2.24) is 9.62 Å². The van der Waals surface area contributed by atoms with Crippen LogP contribution in [0.15, 0.2) is 59.5 Å².